The van der Waals surface area contributed by atoms with Gasteiger partial charge in [0.1, 0.15) is 6.54 Å². The summed E-state index contributed by atoms with van der Waals surface area (Å²) < 4.78 is 0. The van der Waals surface area contributed by atoms with Crippen molar-refractivity contribution in [2.75, 3.05) is 6.54 Å². The van der Waals surface area contributed by atoms with Crippen molar-refractivity contribution in [3.63, 3.8) is 0 Å². The third-order valence-electron chi connectivity index (χ3n) is 2.34. The van der Waals surface area contributed by atoms with E-state index >= 15 is 0 Å². The van der Waals surface area contributed by atoms with E-state index in [4.69, 9.17) is 5.11 Å². The molecule has 0 radical (unpaired) electrons. The second-order valence-electron chi connectivity index (χ2n) is 4.89. The molecule has 1 heterocycles. The van der Waals surface area contributed by atoms with Gasteiger partial charge in [-0.25, -0.2) is 4.79 Å². The van der Waals surface area contributed by atoms with Crippen LogP contribution in [-0.4, -0.2) is 34.1 Å². The van der Waals surface area contributed by atoms with Gasteiger partial charge < -0.3 is 15.3 Å². The Kier molecular flexibility index (Phi) is 4.72. The van der Waals surface area contributed by atoms with Crippen molar-refractivity contribution in [1.29, 1.82) is 0 Å². The van der Waals surface area contributed by atoms with Crippen LogP contribution in [0.15, 0.2) is 17.5 Å². The third kappa shape index (κ3) is 4.37. The fraction of sp³-hybridized carbons (Fsp3) is 0.500. The lowest BCUT2D eigenvalue weighted by Gasteiger charge is -2.34. The first-order chi connectivity index (χ1) is 8.30. The van der Waals surface area contributed by atoms with Crippen LogP contribution < -0.4 is 5.32 Å². The molecule has 1 aromatic heterocycles. The number of urea groups is 1. The first kappa shape index (κ1) is 14.5. The van der Waals surface area contributed by atoms with Crippen molar-refractivity contribution in [1.82, 2.24) is 10.2 Å². The van der Waals surface area contributed by atoms with Gasteiger partial charge in [-0.1, -0.05) is 6.07 Å². The van der Waals surface area contributed by atoms with Gasteiger partial charge in [0.15, 0.2) is 0 Å². The highest BCUT2D eigenvalue weighted by atomic mass is 32.1. The maximum Gasteiger partial charge on any atom is 0.323 e. The normalized spacial score (nSPS) is 11.1. The third-order valence-corrected chi connectivity index (χ3v) is 3.22. The van der Waals surface area contributed by atoms with Gasteiger partial charge in [0.05, 0.1) is 6.54 Å². The fourth-order valence-electron chi connectivity index (χ4n) is 1.42. The summed E-state index contributed by atoms with van der Waals surface area (Å²) in [5.41, 5.74) is -0.530. The summed E-state index contributed by atoms with van der Waals surface area (Å²) >= 11 is 1.55. The van der Waals surface area contributed by atoms with E-state index in [-0.39, 0.29) is 12.6 Å². The Hall–Kier alpha value is -1.56. The van der Waals surface area contributed by atoms with Crippen molar-refractivity contribution in [3.05, 3.63) is 22.4 Å². The van der Waals surface area contributed by atoms with E-state index in [0.29, 0.717) is 6.54 Å². The Morgan fingerprint density at radius 1 is 1.44 bits per heavy atom. The van der Waals surface area contributed by atoms with Crippen LogP contribution >= 0.6 is 11.3 Å². The number of carbonyl (C=O) groups excluding carboxylic acids is 1. The number of thiophene rings is 1. The van der Waals surface area contributed by atoms with Crippen molar-refractivity contribution in [2.45, 2.75) is 32.9 Å². The number of hydrogen-bond donors (Lipinski definition) is 2. The standard InChI is InChI=1S/C12H18N2O3S/c1-12(2,3)14(8-10(15)16)11(17)13-7-9-5-4-6-18-9/h4-6H,7-8H2,1-3H3,(H,13,17)(H,15,16). The van der Waals surface area contributed by atoms with Gasteiger partial charge in [0.2, 0.25) is 0 Å². The molecule has 0 spiro atoms. The minimum absolute atomic E-state index is 0.306. The van der Waals surface area contributed by atoms with E-state index in [1.165, 1.54) is 4.90 Å². The van der Waals surface area contributed by atoms with Gasteiger partial charge in [-0.05, 0) is 32.2 Å². The molecule has 1 rings (SSSR count). The highest BCUT2D eigenvalue weighted by Crippen LogP contribution is 2.14. The van der Waals surface area contributed by atoms with Crippen LogP contribution in [-0.2, 0) is 11.3 Å². The summed E-state index contributed by atoms with van der Waals surface area (Å²) in [4.78, 5) is 25.1. The van der Waals surface area contributed by atoms with Gasteiger partial charge in [-0.15, -0.1) is 11.3 Å². The summed E-state index contributed by atoms with van der Waals surface area (Å²) in [6.07, 6.45) is 0. The molecule has 0 saturated heterocycles. The molecule has 100 valence electrons. The Labute approximate surface area is 110 Å². The van der Waals surface area contributed by atoms with E-state index < -0.39 is 11.5 Å². The van der Waals surface area contributed by atoms with E-state index in [1.54, 1.807) is 32.1 Å². The maximum absolute atomic E-state index is 12.0. The first-order valence-electron chi connectivity index (χ1n) is 5.60. The summed E-state index contributed by atoms with van der Waals surface area (Å²) in [5, 5.41) is 13.5. The zero-order valence-corrected chi connectivity index (χ0v) is 11.6. The Morgan fingerprint density at radius 3 is 2.56 bits per heavy atom. The number of carboxylic acid groups (broad SMARTS) is 1. The monoisotopic (exact) mass is 270 g/mol. The van der Waals surface area contributed by atoms with Gasteiger partial charge in [-0.3, -0.25) is 4.79 Å². The number of carbonyl (C=O) groups is 2. The Morgan fingerprint density at radius 2 is 2.11 bits per heavy atom. The molecule has 18 heavy (non-hydrogen) atoms. The zero-order chi connectivity index (χ0) is 13.8. The molecule has 0 unspecified atom stereocenters. The average molecular weight is 270 g/mol. The van der Waals surface area contributed by atoms with Crippen molar-refractivity contribution in [3.8, 4) is 0 Å². The molecule has 2 amide bonds. The van der Waals surface area contributed by atoms with Crippen LogP contribution in [0.1, 0.15) is 25.6 Å². The van der Waals surface area contributed by atoms with Gasteiger partial charge in [0, 0.05) is 10.4 Å². The zero-order valence-electron chi connectivity index (χ0n) is 10.8. The number of carboxylic acids is 1. The van der Waals surface area contributed by atoms with Crippen molar-refractivity contribution >= 4 is 23.3 Å². The predicted octanol–water partition coefficient (Wildman–Crippen LogP) is 2.14. The van der Waals surface area contributed by atoms with E-state index in [9.17, 15) is 9.59 Å². The average Bonchev–Trinajstić information content (AvgIpc) is 2.73. The molecule has 2 N–H and O–H groups in total. The molecule has 0 saturated carbocycles. The van der Waals surface area contributed by atoms with Crippen LogP contribution in [0.3, 0.4) is 0 Å². The lowest BCUT2D eigenvalue weighted by molar-refractivity contribution is -0.138. The summed E-state index contributed by atoms with van der Waals surface area (Å²) in [6.45, 7) is 5.53. The molecule has 0 aliphatic heterocycles. The molecule has 0 bridgehead atoms. The van der Waals surface area contributed by atoms with Gasteiger partial charge in [-0.2, -0.15) is 0 Å². The Balaban J connectivity index is 2.62. The molecule has 5 nitrogen and oxygen atoms in total. The summed E-state index contributed by atoms with van der Waals surface area (Å²) in [5.74, 6) is -1.02. The molecule has 6 heteroatoms. The minimum Gasteiger partial charge on any atom is -0.480 e. The SMILES string of the molecule is CC(C)(C)N(CC(=O)O)C(=O)NCc1cccs1. The first-order valence-corrected chi connectivity index (χ1v) is 6.48. The van der Waals surface area contributed by atoms with Gasteiger partial charge in [0.25, 0.3) is 0 Å². The quantitative estimate of drug-likeness (QED) is 0.880. The fourth-order valence-corrected chi connectivity index (χ4v) is 2.06. The minimum atomic E-state index is -1.02. The van der Waals surface area contributed by atoms with E-state index in [1.807, 2.05) is 17.5 Å². The largest absolute Gasteiger partial charge is 0.480 e. The van der Waals surface area contributed by atoms with Crippen molar-refractivity contribution in [2.24, 2.45) is 0 Å². The number of nitrogens with one attached hydrogen (secondary N) is 1. The summed E-state index contributed by atoms with van der Waals surface area (Å²) in [7, 11) is 0. The highest BCUT2D eigenvalue weighted by Gasteiger charge is 2.28. The summed E-state index contributed by atoms with van der Waals surface area (Å²) in [6, 6.07) is 3.47. The Bertz CT molecular complexity index is 409. The van der Waals surface area contributed by atoms with Crippen LogP contribution in [0.4, 0.5) is 4.79 Å². The molecule has 0 aliphatic carbocycles. The lowest BCUT2D eigenvalue weighted by atomic mass is 10.1. The van der Waals surface area contributed by atoms with Crippen LogP contribution in [0.25, 0.3) is 0 Å². The second kappa shape index (κ2) is 5.86. The topological polar surface area (TPSA) is 69.6 Å². The van der Waals surface area contributed by atoms with Crippen LogP contribution in [0.5, 0.6) is 0 Å². The molecule has 1 aromatic rings. The lowest BCUT2D eigenvalue weighted by Crippen LogP contribution is -2.52. The van der Waals surface area contributed by atoms with Crippen molar-refractivity contribution < 1.29 is 14.7 Å². The smallest absolute Gasteiger partial charge is 0.323 e. The highest BCUT2D eigenvalue weighted by molar-refractivity contribution is 7.09. The van der Waals surface area contributed by atoms with E-state index in [0.717, 1.165) is 4.88 Å². The van der Waals surface area contributed by atoms with Crippen LogP contribution in [0, 0.1) is 0 Å². The van der Waals surface area contributed by atoms with Gasteiger partial charge >= 0.3 is 12.0 Å². The number of rotatable bonds is 4. The number of nitrogens with zero attached hydrogens (tertiary/aromatic N) is 1. The molecular weight excluding hydrogens is 252 g/mol. The molecule has 0 aromatic carbocycles. The predicted molar refractivity (Wildman–Crippen MR) is 70.6 cm³/mol. The second-order valence-corrected chi connectivity index (χ2v) is 5.92. The molecular formula is C12H18N2O3S. The molecule has 0 fully saturated rings. The van der Waals surface area contributed by atoms with Crippen LogP contribution in [0.2, 0.25) is 0 Å². The number of hydrogen-bond acceptors (Lipinski definition) is 3. The molecule has 0 atom stereocenters. The number of amides is 2. The maximum atomic E-state index is 12.0. The van der Waals surface area contributed by atoms with E-state index in [2.05, 4.69) is 5.32 Å². The molecule has 0 aliphatic rings. The number of aliphatic carboxylic acids is 1.